The number of aromatic nitrogens is 1. The Labute approximate surface area is 213 Å². The summed E-state index contributed by atoms with van der Waals surface area (Å²) in [7, 11) is 0. The molecule has 1 fully saturated rings. The largest absolute Gasteiger partial charge is 0.361 e. The fourth-order valence-corrected chi connectivity index (χ4v) is 4.78. The van der Waals surface area contributed by atoms with Crippen LogP contribution >= 0.6 is 12.2 Å². The number of nitrogens with one attached hydrogen (secondary N) is 2. The molecule has 0 radical (unpaired) electrons. The normalized spacial score (nSPS) is 15.5. The summed E-state index contributed by atoms with van der Waals surface area (Å²) < 4.78 is 0. The van der Waals surface area contributed by atoms with Gasteiger partial charge >= 0.3 is 0 Å². The number of ketones is 1. The minimum atomic E-state index is -0.764. The number of Topliss-reactive ketones (excluding diaryl/α,β-unsaturated/α-hetero) is 1. The summed E-state index contributed by atoms with van der Waals surface area (Å²) in [5.41, 5.74) is 3.65. The summed E-state index contributed by atoms with van der Waals surface area (Å²) in [6, 6.07) is 23.2. The molecule has 5 rings (SSSR count). The number of anilines is 2. The van der Waals surface area contributed by atoms with E-state index in [1.807, 2.05) is 60.8 Å². The third-order valence-electron chi connectivity index (χ3n) is 6.26. The minimum Gasteiger partial charge on any atom is -0.361 e. The van der Waals surface area contributed by atoms with Gasteiger partial charge in [-0.05, 0) is 72.6 Å². The molecule has 1 aliphatic rings. The molecule has 2 heterocycles. The van der Waals surface area contributed by atoms with Crippen LogP contribution in [0.3, 0.4) is 0 Å². The summed E-state index contributed by atoms with van der Waals surface area (Å²) in [6.07, 6.45) is 1.78. The van der Waals surface area contributed by atoms with Gasteiger partial charge in [0.05, 0.1) is 12.1 Å². The smallest absolute Gasteiger partial charge is 0.256 e. The number of amides is 2. The predicted octanol–water partition coefficient (Wildman–Crippen LogP) is 4.90. The Morgan fingerprint density at radius 3 is 2.47 bits per heavy atom. The maximum atomic E-state index is 13.6. The van der Waals surface area contributed by atoms with Crippen LogP contribution in [0.1, 0.15) is 29.3 Å². The van der Waals surface area contributed by atoms with E-state index in [2.05, 4.69) is 10.3 Å². The number of benzene rings is 3. The van der Waals surface area contributed by atoms with Crippen molar-refractivity contribution >= 4 is 57.2 Å². The highest BCUT2D eigenvalue weighted by atomic mass is 32.1. The second-order valence-electron chi connectivity index (χ2n) is 8.72. The highest BCUT2D eigenvalue weighted by molar-refractivity contribution is 7.80. The summed E-state index contributed by atoms with van der Waals surface area (Å²) >= 11 is 5.74. The van der Waals surface area contributed by atoms with Crippen LogP contribution in [0.5, 0.6) is 0 Å². The lowest BCUT2D eigenvalue weighted by Crippen LogP contribution is -2.37. The number of nitrogens with zero attached hydrogens (tertiary/aromatic N) is 2. The molecule has 0 aliphatic carbocycles. The molecule has 1 aromatic heterocycles. The molecule has 1 unspecified atom stereocenters. The summed E-state index contributed by atoms with van der Waals surface area (Å²) in [6.45, 7) is 1.88. The Morgan fingerprint density at radius 2 is 1.75 bits per heavy atom. The van der Waals surface area contributed by atoms with Gasteiger partial charge in [-0.15, -0.1) is 0 Å². The zero-order valence-electron chi connectivity index (χ0n) is 19.6. The van der Waals surface area contributed by atoms with Crippen molar-refractivity contribution in [2.45, 2.75) is 25.9 Å². The first-order valence-electron chi connectivity index (χ1n) is 11.6. The Balaban J connectivity index is 1.40. The van der Waals surface area contributed by atoms with Gasteiger partial charge in [-0.2, -0.15) is 0 Å². The first-order chi connectivity index (χ1) is 17.4. The molecule has 1 saturated heterocycles. The standard InChI is InChI=1S/C28H24N4O3S/c1-18(33)20-8-11-23(12-9-20)32-27(35)25(31(28(32)36)17-19-5-3-2-4-6-19)16-26(34)30-22-10-7-21-13-14-29-24(21)15-22/h2-15,25,29H,16-17H2,1H3,(H,30,34). The third-order valence-corrected chi connectivity index (χ3v) is 6.68. The summed E-state index contributed by atoms with van der Waals surface area (Å²) in [5.74, 6) is -0.620. The van der Waals surface area contributed by atoms with Crippen LogP contribution in [-0.4, -0.2) is 38.6 Å². The van der Waals surface area contributed by atoms with E-state index in [1.165, 1.54) is 11.8 Å². The molecular weight excluding hydrogens is 472 g/mol. The number of hydrogen-bond donors (Lipinski definition) is 2. The number of hydrogen-bond acceptors (Lipinski definition) is 4. The van der Waals surface area contributed by atoms with Crippen molar-refractivity contribution in [2.24, 2.45) is 0 Å². The fourth-order valence-electron chi connectivity index (χ4n) is 4.39. The average molecular weight is 497 g/mol. The number of rotatable bonds is 7. The Bertz CT molecular complexity index is 1460. The molecule has 180 valence electrons. The van der Waals surface area contributed by atoms with E-state index in [0.29, 0.717) is 28.6 Å². The lowest BCUT2D eigenvalue weighted by atomic mass is 10.1. The first kappa shape index (κ1) is 23.4. The molecule has 0 spiro atoms. The van der Waals surface area contributed by atoms with Gasteiger partial charge < -0.3 is 15.2 Å². The van der Waals surface area contributed by atoms with Crippen LogP contribution in [0, 0.1) is 0 Å². The van der Waals surface area contributed by atoms with Crippen molar-refractivity contribution < 1.29 is 14.4 Å². The van der Waals surface area contributed by atoms with Gasteiger partial charge in [0, 0.05) is 29.5 Å². The highest BCUT2D eigenvalue weighted by Crippen LogP contribution is 2.29. The SMILES string of the molecule is CC(=O)c1ccc(N2C(=O)C(CC(=O)Nc3ccc4cc[nH]c4c3)N(Cc3ccccc3)C2=S)cc1. The topological polar surface area (TPSA) is 85.5 Å². The summed E-state index contributed by atoms with van der Waals surface area (Å²) in [5, 5.41) is 4.28. The van der Waals surface area contributed by atoms with Gasteiger partial charge in [0.2, 0.25) is 5.91 Å². The van der Waals surface area contributed by atoms with Gasteiger partial charge in [0.1, 0.15) is 6.04 Å². The molecule has 1 atom stereocenters. The second kappa shape index (κ2) is 9.75. The molecule has 0 saturated carbocycles. The zero-order valence-corrected chi connectivity index (χ0v) is 20.4. The zero-order chi connectivity index (χ0) is 25.2. The maximum Gasteiger partial charge on any atom is 0.256 e. The van der Waals surface area contributed by atoms with Crippen molar-refractivity contribution in [3.8, 4) is 0 Å². The summed E-state index contributed by atoms with van der Waals surface area (Å²) in [4.78, 5) is 44.7. The van der Waals surface area contributed by atoms with Crippen molar-refractivity contribution in [2.75, 3.05) is 10.2 Å². The lowest BCUT2D eigenvalue weighted by Gasteiger charge is -2.24. The molecule has 0 bridgehead atoms. The van der Waals surface area contributed by atoms with Crippen molar-refractivity contribution in [3.05, 3.63) is 96.2 Å². The molecular formula is C28H24N4O3S. The molecule has 1 aliphatic heterocycles. The third kappa shape index (κ3) is 4.63. The van der Waals surface area contributed by atoms with E-state index in [1.54, 1.807) is 29.2 Å². The van der Waals surface area contributed by atoms with Crippen LogP contribution < -0.4 is 10.2 Å². The molecule has 7 nitrogen and oxygen atoms in total. The molecule has 4 aromatic rings. The van der Waals surface area contributed by atoms with E-state index in [-0.39, 0.29) is 24.0 Å². The number of fused-ring (bicyclic) bond motifs is 1. The van der Waals surface area contributed by atoms with E-state index >= 15 is 0 Å². The molecule has 8 heteroatoms. The van der Waals surface area contributed by atoms with Crippen molar-refractivity contribution in [3.63, 3.8) is 0 Å². The number of carbonyl (C=O) groups is 3. The molecule has 3 aromatic carbocycles. The van der Waals surface area contributed by atoms with Crippen molar-refractivity contribution in [1.82, 2.24) is 9.88 Å². The lowest BCUT2D eigenvalue weighted by molar-refractivity contribution is -0.124. The van der Waals surface area contributed by atoms with Crippen LogP contribution in [0.4, 0.5) is 11.4 Å². The van der Waals surface area contributed by atoms with Gasteiger partial charge in [-0.1, -0.05) is 36.4 Å². The number of thiocarbonyl (C=S) groups is 1. The molecule has 2 amide bonds. The van der Waals surface area contributed by atoms with Gasteiger partial charge in [0.15, 0.2) is 10.9 Å². The first-order valence-corrected chi connectivity index (χ1v) is 12.0. The van der Waals surface area contributed by atoms with E-state index in [9.17, 15) is 14.4 Å². The fraction of sp³-hybridized carbons (Fsp3) is 0.143. The Hall–Kier alpha value is -4.30. The van der Waals surface area contributed by atoms with E-state index < -0.39 is 6.04 Å². The number of H-pyrrole nitrogens is 1. The Morgan fingerprint density at radius 1 is 1.00 bits per heavy atom. The quantitative estimate of drug-likeness (QED) is 0.281. The van der Waals surface area contributed by atoms with Gasteiger partial charge in [0.25, 0.3) is 5.91 Å². The van der Waals surface area contributed by atoms with Crippen LogP contribution in [0.15, 0.2) is 85.1 Å². The van der Waals surface area contributed by atoms with E-state index in [0.717, 1.165) is 16.5 Å². The van der Waals surface area contributed by atoms with Gasteiger partial charge in [-0.25, -0.2) is 0 Å². The van der Waals surface area contributed by atoms with Crippen LogP contribution in [0.25, 0.3) is 10.9 Å². The average Bonchev–Trinajstić information content (AvgIpc) is 3.43. The van der Waals surface area contributed by atoms with E-state index in [4.69, 9.17) is 12.2 Å². The molecule has 2 N–H and O–H groups in total. The van der Waals surface area contributed by atoms with Crippen LogP contribution in [-0.2, 0) is 16.1 Å². The van der Waals surface area contributed by atoms with Gasteiger partial charge in [-0.3, -0.25) is 19.3 Å². The van der Waals surface area contributed by atoms with Crippen molar-refractivity contribution in [1.29, 1.82) is 0 Å². The highest BCUT2D eigenvalue weighted by Gasteiger charge is 2.44. The Kier molecular flexibility index (Phi) is 6.35. The predicted molar refractivity (Wildman–Crippen MR) is 144 cm³/mol. The second-order valence-corrected chi connectivity index (χ2v) is 9.09. The number of carbonyl (C=O) groups excluding carboxylic acids is 3. The molecule has 36 heavy (non-hydrogen) atoms. The maximum absolute atomic E-state index is 13.6. The number of aromatic amines is 1. The van der Waals surface area contributed by atoms with Crippen LogP contribution in [0.2, 0.25) is 0 Å². The minimum absolute atomic E-state index is 0.0589. The monoisotopic (exact) mass is 496 g/mol.